The van der Waals surface area contributed by atoms with Crippen LogP contribution in [0.4, 0.5) is 13.2 Å². The predicted octanol–water partition coefficient (Wildman–Crippen LogP) is 2.63. The van der Waals surface area contributed by atoms with Gasteiger partial charge in [0.25, 0.3) is 0 Å². The maximum atomic E-state index is 12.7. The number of nitrogens with one attached hydrogen (secondary N) is 2. The maximum Gasteiger partial charge on any atom is 0.405 e. The summed E-state index contributed by atoms with van der Waals surface area (Å²) in [5.41, 5.74) is 5.53. The lowest BCUT2D eigenvalue weighted by Gasteiger charge is -2.25. The monoisotopic (exact) mass is 347 g/mol. The van der Waals surface area contributed by atoms with Crippen LogP contribution in [0.5, 0.6) is 0 Å². The molecule has 1 aliphatic heterocycles. The molecule has 0 radical (unpaired) electrons. The van der Waals surface area contributed by atoms with Crippen molar-refractivity contribution in [2.75, 3.05) is 0 Å². The highest BCUT2D eigenvalue weighted by Gasteiger charge is 2.47. The minimum atomic E-state index is -4.36. The number of carbonyl (C=O) groups is 1. The molecule has 1 heterocycles. The van der Waals surface area contributed by atoms with Gasteiger partial charge in [0.2, 0.25) is 5.91 Å². The van der Waals surface area contributed by atoms with E-state index in [0.717, 1.165) is 18.4 Å². The van der Waals surface area contributed by atoms with Crippen LogP contribution in [0, 0.1) is 0 Å². The topological polar surface area (TPSA) is 44.4 Å². The number of benzene rings is 1. The summed E-state index contributed by atoms with van der Waals surface area (Å²) in [5, 5.41) is 0.573. The fourth-order valence-corrected chi connectivity index (χ4v) is 2.95. The lowest BCUT2D eigenvalue weighted by molar-refractivity contribution is -0.153. The molecule has 8 heteroatoms. The van der Waals surface area contributed by atoms with Gasteiger partial charge < -0.3 is 4.90 Å². The molecular formula is C15H17ClF3N3O. The van der Waals surface area contributed by atoms with Crippen LogP contribution in [0.25, 0.3) is 0 Å². The molecule has 3 rings (SSSR count). The van der Waals surface area contributed by atoms with E-state index in [2.05, 4.69) is 10.9 Å². The van der Waals surface area contributed by atoms with Crippen LogP contribution in [0.1, 0.15) is 24.8 Å². The van der Waals surface area contributed by atoms with Gasteiger partial charge in [0.15, 0.2) is 0 Å². The predicted molar refractivity (Wildman–Crippen MR) is 79.5 cm³/mol. The molecule has 1 saturated carbocycles. The number of amides is 1. The molecule has 1 saturated heterocycles. The molecule has 126 valence electrons. The Balaban J connectivity index is 1.68. The molecule has 1 aromatic rings. The van der Waals surface area contributed by atoms with Crippen LogP contribution in [0.15, 0.2) is 24.3 Å². The van der Waals surface area contributed by atoms with Gasteiger partial charge in [-0.3, -0.25) is 4.79 Å². The number of hydrogen-bond acceptors (Lipinski definition) is 3. The molecule has 2 aliphatic rings. The molecule has 1 aliphatic carbocycles. The average Bonchev–Trinajstić information content (AvgIpc) is 3.18. The summed E-state index contributed by atoms with van der Waals surface area (Å²) < 4.78 is 38.2. The van der Waals surface area contributed by atoms with E-state index in [1.165, 1.54) is 0 Å². The third kappa shape index (κ3) is 3.97. The second kappa shape index (κ2) is 6.30. The average molecular weight is 348 g/mol. The van der Waals surface area contributed by atoms with E-state index < -0.39 is 18.3 Å². The van der Waals surface area contributed by atoms with Crippen LogP contribution in [0.3, 0.4) is 0 Å². The van der Waals surface area contributed by atoms with Crippen LogP contribution in [-0.4, -0.2) is 35.1 Å². The van der Waals surface area contributed by atoms with Gasteiger partial charge in [0.1, 0.15) is 12.1 Å². The summed E-state index contributed by atoms with van der Waals surface area (Å²) in [6, 6.07) is 4.71. The highest BCUT2D eigenvalue weighted by molar-refractivity contribution is 6.30. The highest BCUT2D eigenvalue weighted by Crippen LogP contribution is 2.31. The number of rotatable bonds is 4. The Kier molecular flexibility index (Phi) is 4.53. The van der Waals surface area contributed by atoms with Crippen molar-refractivity contribution >= 4 is 17.5 Å². The lowest BCUT2D eigenvalue weighted by Crippen LogP contribution is -2.46. The number of carbonyl (C=O) groups excluding carboxylic acids is 1. The first-order chi connectivity index (χ1) is 10.8. The zero-order valence-corrected chi connectivity index (χ0v) is 13.0. The second-order valence-corrected chi connectivity index (χ2v) is 6.43. The quantitative estimate of drug-likeness (QED) is 0.880. The summed E-state index contributed by atoms with van der Waals surface area (Å²) in [6.45, 7) is 0.360. The normalized spacial score (nSPS) is 24.7. The Labute approximate surface area is 136 Å². The van der Waals surface area contributed by atoms with Crippen LogP contribution < -0.4 is 10.9 Å². The van der Waals surface area contributed by atoms with Gasteiger partial charge in [-0.1, -0.05) is 23.7 Å². The van der Waals surface area contributed by atoms with E-state index in [9.17, 15) is 18.0 Å². The van der Waals surface area contributed by atoms with E-state index in [-0.39, 0.29) is 18.4 Å². The van der Waals surface area contributed by atoms with Gasteiger partial charge in [-0.2, -0.15) is 13.2 Å². The Morgan fingerprint density at radius 1 is 1.30 bits per heavy atom. The third-order valence-corrected chi connectivity index (χ3v) is 4.34. The first kappa shape index (κ1) is 16.5. The number of halogens is 4. The van der Waals surface area contributed by atoms with Crippen molar-refractivity contribution in [3.63, 3.8) is 0 Å². The van der Waals surface area contributed by atoms with E-state index >= 15 is 0 Å². The summed E-state index contributed by atoms with van der Waals surface area (Å²) in [4.78, 5) is 14.3. The van der Waals surface area contributed by atoms with Crippen LogP contribution in [0.2, 0.25) is 5.02 Å². The minimum absolute atomic E-state index is 0.105. The van der Waals surface area contributed by atoms with E-state index in [0.29, 0.717) is 11.6 Å². The first-order valence-corrected chi connectivity index (χ1v) is 7.85. The molecule has 2 N–H and O–H groups in total. The van der Waals surface area contributed by atoms with Crippen LogP contribution >= 0.6 is 11.6 Å². The first-order valence-electron chi connectivity index (χ1n) is 7.47. The minimum Gasteiger partial charge on any atom is -0.334 e. The molecule has 2 atom stereocenters. The van der Waals surface area contributed by atoms with Gasteiger partial charge in [-0.05, 0) is 37.0 Å². The molecule has 23 heavy (non-hydrogen) atoms. The van der Waals surface area contributed by atoms with Crippen molar-refractivity contribution in [3.05, 3.63) is 34.9 Å². The Hall–Kier alpha value is -1.31. The molecular weight excluding hydrogens is 331 g/mol. The fourth-order valence-electron chi connectivity index (χ4n) is 2.74. The van der Waals surface area contributed by atoms with Crippen molar-refractivity contribution < 1.29 is 18.0 Å². The van der Waals surface area contributed by atoms with Gasteiger partial charge in [-0.15, -0.1) is 0 Å². The Morgan fingerprint density at radius 2 is 2.04 bits per heavy atom. The summed E-state index contributed by atoms with van der Waals surface area (Å²) in [5.74, 6) is -0.299. The zero-order chi connectivity index (χ0) is 16.6. The molecule has 0 spiro atoms. The smallest absolute Gasteiger partial charge is 0.334 e. The molecule has 4 nitrogen and oxygen atoms in total. The lowest BCUT2D eigenvalue weighted by atomic mass is 10.1. The number of hydrogen-bond donors (Lipinski definition) is 2. The van der Waals surface area contributed by atoms with Gasteiger partial charge in [0, 0.05) is 17.6 Å². The van der Waals surface area contributed by atoms with Gasteiger partial charge in [-0.25, -0.2) is 10.9 Å². The van der Waals surface area contributed by atoms with Crippen LogP contribution in [-0.2, 0) is 11.3 Å². The summed E-state index contributed by atoms with van der Waals surface area (Å²) in [6.07, 6.45) is -2.88. The number of nitrogens with zero attached hydrogens (tertiary/aromatic N) is 1. The second-order valence-electron chi connectivity index (χ2n) is 6.00. The molecule has 2 unspecified atom stereocenters. The van der Waals surface area contributed by atoms with E-state index in [4.69, 9.17) is 11.6 Å². The van der Waals surface area contributed by atoms with Crippen molar-refractivity contribution in [1.82, 2.24) is 15.8 Å². The molecule has 0 bridgehead atoms. The highest BCUT2D eigenvalue weighted by atomic mass is 35.5. The SMILES string of the molecule is O=C(C1CC(C(F)(F)F)NN1)N(Cc1cccc(Cl)c1)C1CC1. The summed E-state index contributed by atoms with van der Waals surface area (Å²) >= 11 is 5.95. The van der Waals surface area contributed by atoms with E-state index in [1.807, 2.05) is 6.07 Å². The number of alkyl halides is 3. The maximum absolute atomic E-state index is 12.7. The van der Waals surface area contributed by atoms with Crippen molar-refractivity contribution in [2.45, 2.75) is 50.1 Å². The molecule has 2 fully saturated rings. The van der Waals surface area contributed by atoms with Crippen molar-refractivity contribution in [2.24, 2.45) is 0 Å². The summed E-state index contributed by atoms with van der Waals surface area (Å²) in [7, 11) is 0. The largest absolute Gasteiger partial charge is 0.405 e. The van der Waals surface area contributed by atoms with Crippen molar-refractivity contribution in [3.8, 4) is 0 Å². The molecule has 0 aromatic heterocycles. The van der Waals surface area contributed by atoms with Gasteiger partial charge in [0.05, 0.1) is 0 Å². The van der Waals surface area contributed by atoms with Crippen molar-refractivity contribution in [1.29, 1.82) is 0 Å². The third-order valence-electron chi connectivity index (χ3n) is 4.11. The fraction of sp³-hybridized carbons (Fsp3) is 0.533. The Bertz CT molecular complexity index is 592. The van der Waals surface area contributed by atoms with E-state index in [1.54, 1.807) is 23.1 Å². The van der Waals surface area contributed by atoms with Gasteiger partial charge >= 0.3 is 6.18 Å². The zero-order valence-electron chi connectivity index (χ0n) is 12.2. The standard InChI is InChI=1S/C15H17ClF3N3O/c16-10-3-1-2-9(6-10)8-22(11-4-5-11)14(23)12-7-13(21-20-12)15(17,18)19/h1-3,6,11-13,20-21H,4-5,7-8H2. The molecule has 1 aromatic carbocycles. The number of hydrazine groups is 1. The Morgan fingerprint density at radius 3 is 2.61 bits per heavy atom. The molecule has 1 amide bonds.